The highest BCUT2D eigenvalue weighted by Crippen LogP contribution is 2.33. The number of carbonyl (C=O) groups is 1. The average Bonchev–Trinajstić information content (AvgIpc) is 3.26. The smallest absolute Gasteiger partial charge is 0.253 e. The normalized spacial score (nSPS) is 26.9. The van der Waals surface area contributed by atoms with Crippen LogP contribution in [0.15, 0.2) is 42.0 Å². The average molecular weight is 343 g/mol. The molecule has 126 valence electrons. The van der Waals surface area contributed by atoms with E-state index in [1.165, 1.54) is 4.88 Å². The van der Waals surface area contributed by atoms with Gasteiger partial charge in [-0.1, -0.05) is 6.07 Å². The highest BCUT2D eigenvalue weighted by molar-refractivity contribution is 7.09. The second-order valence-electron chi connectivity index (χ2n) is 6.38. The third-order valence-electron chi connectivity index (χ3n) is 4.82. The number of aromatic nitrogens is 1. The first-order valence-electron chi connectivity index (χ1n) is 8.42. The van der Waals surface area contributed by atoms with Crippen molar-refractivity contribution >= 4 is 22.9 Å². The lowest BCUT2D eigenvalue weighted by Gasteiger charge is -2.35. The zero-order chi connectivity index (χ0) is 16.4. The van der Waals surface area contributed by atoms with Gasteiger partial charge in [-0.25, -0.2) is 0 Å². The Labute approximate surface area is 145 Å². The van der Waals surface area contributed by atoms with Gasteiger partial charge in [0.25, 0.3) is 5.91 Å². The van der Waals surface area contributed by atoms with Crippen LogP contribution in [0.5, 0.6) is 0 Å². The summed E-state index contributed by atoms with van der Waals surface area (Å²) in [6, 6.07) is 8.38. The van der Waals surface area contributed by atoms with E-state index in [4.69, 9.17) is 4.74 Å². The van der Waals surface area contributed by atoms with E-state index in [0.717, 1.165) is 38.0 Å². The van der Waals surface area contributed by atoms with Crippen LogP contribution in [0.25, 0.3) is 0 Å². The first kappa shape index (κ1) is 15.7. The van der Waals surface area contributed by atoms with Crippen LogP contribution in [0.2, 0.25) is 0 Å². The van der Waals surface area contributed by atoms with E-state index in [2.05, 4.69) is 32.7 Å². The number of rotatable bonds is 4. The Kier molecular flexibility index (Phi) is 4.60. The molecule has 2 aromatic heterocycles. The van der Waals surface area contributed by atoms with E-state index >= 15 is 0 Å². The Morgan fingerprint density at radius 1 is 1.33 bits per heavy atom. The molecule has 1 amide bonds. The van der Waals surface area contributed by atoms with E-state index in [-0.39, 0.29) is 18.1 Å². The highest BCUT2D eigenvalue weighted by Gasteiger charge is 2.41. The number of hydrogen-bond acceptors (Lipinski definition) is 5. The second-order valence-corrected chi connectivity index (χ2v) is 7.41. The molecule has 0 spiro atoms. The predicted molar refractivity (Wildman–Crippen MR) is 93.9 cm³/mol. The van der Waals surface area contributed by atoms with Crippen LogP contribution in [0.4, 0.5) is 5.69 Å². The Morgan fingerprint density at radius 2 is 2.29 bits per heavy atom. The Balaban J connectivity index is 1.34. The minimum atomic E-state index is -0.354. The van der Waals surface area contributed by atoms with Gasteiger partial charge in [0, 0.05) is 30.2 Å². The summed E-state index contributed by atoms with van der Waals surface area (Å²) in [6.45, 7) is 2.04. The molecule has 1 N–H and O–H groups in total. The molecule has 5 nitrogen and oxygen atoms in total. The van der Waals surface area contributed by atoms with Crippen molar-refractivity contribution in [3.63, 3.8) is 0 Å². The molecule has 0 bridgehead atoms. The lowest BCUT2D eigenvalue weighted by atomic mass is 9.98. The van der Waals surface area contributed by atoms with Gasteiger partial charge >= 0.3 is 0 Å². The maximum absolute atomic E-state index is 12.4. The van der Waals surface area contributed by atoms with E-state index in [1.807, 2.05) is 12.1 Å². The van der Waals surface area contributed by atoms with Gasteiger partial charge in [-0.3, -0.25) is 14.7 Å². The zero-order valence-electron chi connectivity index (χ0n) is 13.4. The van der Waals surface area contributed by atoms with Gasteiger partial charge in [0.15, 0.2) is 0 Å². The van der Waals surface area contributed by atoms with Crippen LogP contribution in [0.3, 0.4) is 0 Å². The zero-order valence-corrected chi connectivity index (χ0v) is 14.2. The number of carbonyl (C=O) groups excluding carboxylic acids is 1. The minimum Gasteiger partial charge on any atom is -0.363 e. The number of amides is 1. The van der Waals surface area contributed by atoms with Crippen molar-refractivity contribution < 1.29 is 9.53 Å². The SMILES string of the molecule is O=C(Nc1cccnc1)[C@@H]1CC[C@@H]2[C@@H](CCN2Cc2cccs2)O1. The molecule has 0 aliphatic carbocycles. The first-order valence-corrected chi connectivity index (χ1v) is 9.30. The molecule has 3 atom stereocenters. The molecule has 0 radical (unpaired) electrons. The molecule has 0 saturated carbocycles. The van der Waals surface area contributed by atoms with Crippen LogP contribution in [-0.4, -0.2) is 40.6 Å². The quantitative estimate of drug-likeness (QED) is 0.927. The second kappa shape index (κ2) is 7.01. The Hall–Kier alpha value is -1.76. The molecule has 4 rings (SSSR count). The molecule has 0 unspecified atom stereocenters. The maximum atomic E-state index is 12.4. The molecular formula is C18H21N3O2S. The van der Waals surface area contributed by atoms with Crippen LogP contribution in [0.1, 0.15) is 24.1 Å². The van der Waals surface area contributed by atoms with Gasteiger partial charge in [0.05, 0.1) is 18.0 Å². The number of fused-ring (bicyclic) bond motifs is 1. The van der Waals surface area contributed by atoms with Crippen molar-refractivity contribution in [1.29, 1.82) is 0 Å². The van der Waals surface area contributed by atoms with Crippen molar-refractivity contribution in [2.45, 2.75) is 44.1 Å². The molecule has 2 fully saturated rings. The van der Waals surface area contributed by atoms with Crippen molar-refractivity contribution in [2.24, 2.45) is 0 Å². The number of hydrogen-bond donors (Lipinski definition) is 1. The highest BCUT2D eigenvalue weighted by atomic mass is 32.1. The van der Waals surface area contributed by atoms with Gasteiger partial charge < -0.3 is 10.1 Å². The van der Waals surface area contributed by atoms with Gasteiger partial charge in [0.2, 0.25) is 0 Å². The van der Waals surface area contributed by atoms with Crippen LogP contribution < -0.4 is 5.32 Å². The van der Waals surface area contributed by atoms with E-state index < -0.39 is 0 Å². The van der Waals surface area contributed by atoms with Crippen molar-refractivity contribution in [2.75, 3.05) is 11.9 Å². The minimum absolute atomic E-state index is 0.0573. The summed E-state index contributed by atoms with van der Waals surface area (Å²) in [5.41, 5.74) is 0.721. The number of pyridine rings is 1. The van der Waals surface area contributed by atoms with Gasteiger partial charge in [-0.2, -0.15) is 0 Å². The fraction of sp³-hybridized carbons (Fsp3) is 0.444. The summed E-state index contributed by atoms with van der Waals surface area (Å²) < 4.78 is 6.12. The molecular weight excluding hydrogens is 322 g/mol. The molecule has 24 heavy (non-hydrogen) atoms. The molecule has 2 aromatic rings. The number of likely N-dealkylation sites (tertiary alicyclic amines) is 1. The van der Waals surface area contributed by atoms with E-state index in [1.54, 1.807) is 23.7 Å². The van der Waals surface area contributed by atoms with Crippen molar-refractivity contribution in [3.8, 4) is 0 Å². The predicted octanol–water partition coefficient (Wildman–Crippen LogP) is 2.90. The summed E-state index contributed by atoms with van der Waals surface area (Å²) in [5, 5.41) is 5.02. The third kappa shape index (κ3) is 3.36. The number of anilines is 1. The molecule has 6 heteroatoms. The fourth-order valence-corrected chi connectivity index (χ4v) is 4.40. The molecule has 4 heterocycles. The fourth-order valence-electron chi connectivity index (χ4n) is 3.67. The Bertz CT molecular complexity index is 677. The number of nitrogens with zero attached hydrogens (tertiary/aromatic N) is 2. The Morgan fingerprint density at radius 3 is 3.08 bits per heavy atom. The topological polar surface area (TPSA) is 54.5 Å². The molecule has 2 saturated heterocycles. The summed E-state index contributed by atoms with van der Waals surface area (Å²) in [7, 11) is 0. The van der Waals surface area contributed by atoms with Crippen LogP contribution in [-0.2, 0) is 16.1 Å². The maximum Gasteiger partial charge on any atom is 0.253 e. The largest absolute Gasteiger partial charge is 0.363 e. The monoisotopic (exact) mass is 343 g/mol. The third-order valence-corrected chi connectivity index (χ3v) is 5.68. The summed E-state index contributed by atoms with van der Waals surface area (Å²) in [4.78, 5) is 20.3. The number of nitrogens with one attached hydrogen (secondary N) is 1. The molecule has 2 aliphatic heterocycles. The van der Waals surface area contributed by atoms with Gasteiger partial charge in [-0.15, -0.1) is 11.3 Å². The van der Waals surface area contributed by atoms with Gasteiger partial charge in [0.1, 0.15) is 6.10 Å². The lowest BCUT2D eigenvalue weighted by Crippen LogP contribution is -2.46. The van der Waals surface area contributed by atoms with E-state index in [9.17, 15) is 4.79 Å². The number of thiophene rings is 1. The van der Waals surface area contributed by atoms with Crippen molar-refractivity contribution in [1.82, 2.24) is 9.88 Å². The summed E-state index contributed by atoms with van der Waals surface area (Å²) in [5.74, 6) is -0.0573. The summed E-state index contributed by atoms with van der Waals surface area (Å²) >= 11 is 1.80. The first-order chi connectivity index (χ1) is 11.8. The lowest BCUT2D eigenvalue weighted by molar-refractivity contribution is -0.138. The molecule has 0 aromatic carbocycles. The van der Waals surface area contributed by atoms with Crippen LogP contribution >= 0.6 is 11.3 Å². The van der Waals surface area contributed by atoms with E-state index in [0.29, 0.717) is 6.04 Å². The van der Waals surface area contributed by atoms with Gasteiger partial charge in [-0.05, 0) is 42.8 Å². The van der Waals surface area contributed by atoms with Crippen LogP contribution in [0, 0.1) is 0 Å². The molecule has 2 aliphatic rings. The van der Waals surface area contributed by atoms with Crippen molar-refractivity contribution in [3.05, 3.63) is 46.9 Å². The summed E-state index contributed by atoms with van der Waals surface area (Å²) in [6.07, 6.45) is 5.96. The number of ether oxygens (including phenoxy) is 1. The standard InChI is InChI=1S/C18H21N3O2S/c22-18(20-13-3-1-8-19-11-13)17-6-5-15-16(23-17)7-9-21(15)12-14-4-2-10-24-14/h1-4,8,10-11,15-17H,5-7,9,12H2,(H,20,22)/t15-,16-,17+/m1/s1.